The molecule has 66 valence electrons. The van der Waals surface area contributed by atoms with Gasteiger partial charge in [-0.25, -0.2) is 4.79 Å². The third-order valence-electron chi connectivity index (χ3n) is 1.65. The smallest absolute Gasteiger partial charge is 0.409 e. The molecule has 0 saturated carbocycles. The quantitative estimate of drug-likeness (QED) is 0.755. The van der Waals surface area contributed by atoms with Crippen LogP contribution in [0.1, 0.15) is 0 Å². The monoisotopic (exact) mass is 193 g/mol. The number of thiophene rings is 1. The van der Waals surface area contributed by atoms with Crippen molar-refractivity contribution in [3.63, 3.8) is 0 Å². The molecular weight excluding hydrogens is 186 g/mol. The highest BCUT2D eigenvalue weighted by Gasteiger charge is 2.00. The van der Waals surface area contributed by atoms with E-state index in [2.05, 4.69) is 0 Å². The predicted octanol–water partition coefficient (Wildman–Crippen LogP) is 2.36. The summed E-state index contributed by atoms with van der Waals surface area (Å²) in [6, 6.07) is 7.42. The topological polar surface area (TPSA) is 52.3 Å². The Kier molecular flexibility index (Phi) is 1.90. The summed E-state index contributed by atoms with van der Waals surface area (Å²) in [5, 5.41) is 3.13. The van der Waals surface area contributed by atoms with Gasteiger partial charge < -0.3 is 10.5 Å². The number of primary amides is 1. The molecule has 0 atom stereocenters. The molecule has 0 fully saturated rings. The first-order valence-corrected chi connectivity index (χ1v) is 4.58. The molecule has 2 aromatic rings. The van der Waals surface area contributed by atoms with E-state index in [9.17, 15) is 4.79 Å². The van der Waals surface area contributed by atoms with Crippen molar-refractivity contribution < 1.29 is 9.53 Å². The van der Waals surface area contributed by atoms with Gasteiger partial charge >= 0.3 is 6.09 Å². The fourth-order valence-electron chi connectivity index (χ4n) is 1.11. The lowest BCUT2D eigenvalue weighted by molar-refractivity contribution is 0.211. The highest BCUT2D eigenvalue weighted by atomic mass is 32.1. The van der Waals surface area contributed by atoms with E-state index in [4.69, 9.17) is 10.5 Å². The number of benzene rings is 1. The van der Waals surface area contributed by atoms with Gasteiger partial charge in [0.15, 0.2) is 0 Å². The van der Waals surface area contributed by atoms with Crippen molar-refractivity contribution in [2.75, 3.05) is 0 Å². The number of hydrogen-bond acceptors (Lipinski definition) is 3. The van der Waals surface area contributed by atoms with E-state index in [1.165, 1.54) is 0 Å². The van der Waals surface area contributed by atoms with Crippen LogP contribution in [0.25, 0.3) is 10.1 Å². The molecule has 13 heavy (non-hydrogen) atoms. The van der Waals surface area contributed by atoms with Crippen LogP contribution in [-0.4, -0.2) is 6.09 Å². The number of amides is 1. The lowest BCUT2D eigenvalue weighted by Gasteiger charge is -1.99. The van der Waals surface area contributed by atoms with Gasteiger partial charge in [-0.15, -0.1) is 11.3 Å². The largest absolute Gasteiger partial charge is 0.410 e. The Morgan fingerprint density at radius 3 is 3.00 bits per heavy atom. The van der Waals surface area contributed by atoms with Gasteiger partial charge in [0.1, 0.15) is 5.75 Å². The number of carbonyl (C=O) groups excluding carboxylic acids is 1. The zero-order valence-electron chi connectivity index (χ0n) is 6.69. The zero-order chi connectivity index (χ0) is 9.26. The molecule has 0 bridgehead atoms. The van der Waals surface area contributed by atoms with E-state index >= 15 is 0 Å². The van der Waals surface area contributed by atoms with E-state index < -0.39 is 6.09 Å². The van der Waals surface area contributed by atoms with Gasteiger partial charge in [0.2, 0.25) is 0 Å². The van der Waals surface area contributed by atoms with Crippen molar-refractivity contribution >= 4 is 27.5 Å². The van der Waals surface area contributed by atoms with E-state index in [1.54, 1.807) is 23.5 Å². The van der Waals surface area contributed by atoms with Gasteiger partial charge in [0.25, 0.3) is 0 Å². The van der Waals surface area contributed by atoms with Crippen LogP contribution in [0.5, 0.6) is 5.75 Å². The Bertz CT molecular complexity index is 450. The van der Waals surface area contributed by atoms with Crippen LogP contribution in [0, 0.1) is 0 Å². The van der Waals surface area contributed by atoms with Crippen molar-refractivity contribution in [2.24, 2.45) is 5.73 Å². The second kappa shape index (κ2) is 3.06. The number of carbonyl (C=O) groups is 1. The normalized spacial score (nSPS) is 10.2. The molecule has 1 heterocycles. The fourth-order valence-corrected chi connectivity index (χ4v) is 1.93. The third kappa shape index (κ3) is 1.62. The van der Waals surface area contributed by atoms with Crippen LogP contribution in [0.15, 0.2) is 29.6 Å². The molecule has 0 aliphatic carbocycles. The van der Waals surface area contributed by atoms with Crippen LogP contribution in [0.2, 0.25) is 0 Å². The third-order valence-corrected chi connectivity index (χ3v) is 2.53. The predicted molar refractivity (Wildman–Crippen MR) is 52.0 cm³/mol. The standard InChI is InChI=1S/C9H7NO2S/c10-9(11)12-7-2-1-6-3-4-13-8(6)5-7/h1-5H,(H2,10,11). The van der Waals surface area contributed by atoms with E-state index in [-0.39, 0.29) is 0 Å². The summed E-state index contributed by atoms with van der Waals surface area (Å²) in [5.41, 5.74) is 4.89. The fraction of sp³-hybridized carbons (Fsp3) is 0. The summed E-state index contributed by atoms with van der Waals surface area (Å²) in [4.78, 5) is 10.4. The highest BCUT2D eigenvalue weighted by Crippen LogP contribution is 2.25. The van der Waals surface area contributed by atoms with Crippen molar-refractivity contribution in [1.82, 2.24) is 0 Å². The molecule has 1 aromatic carbocycles. The first-order chi connectivity index (χ1) is 6.25. The van der Waals surface area contributed by atoms with Gasteiger partial charge in [0, 0.05) is 4.70 Å². The molecule has 1 aromatic heterocycles. The Hall–Kier alpha value is -1.55. The molecule has 0 aliphatic rings. The maximum Gasteiger partial charge on any atom is 0.409 e. The van der Waals surface area contributed by atoms with Crippen LogP contribution >= 0.6 is 11.3 Å². The van der Waals surface area contributed by atoms with Gasteiger partial charge in [-0.3, -0.25) is 0 Å². The molecule has 3 nitrogen and oxygen atoms in total. The van der Waals surface area contributed by atoms with Crippen LogP contribution in [-0.2, 0) is 0 Å². The van der Waals surface area contributed by atoms with Crippen molar-refractivity contribution in [3.8, 4) is 5.75 Å². The SMILES string of the molecule is NC(=O)Oc1ccc2ccsc2c1. The summed E-state index contributed by atoms with van der Waals surface area (Å²) < 4.78 is 5.82. The van der Waals surface area contributed by atoms with Crippen molar-refractivity contribution in [3.05, 3.63) is 29.6 Å². The number of ether oxygens (including phenoxy) is 1. The maximum atomic E-state index is 10.4. The van der Waals surface area contributed by atoms with Gasteiger partial charge in [-0.1, -0.05) is 0 Å². The first kappa shape index (κ1) is 8.07. The molecule has 0 saturated heterocycles. The number of rotatable bonds is 1. The molecule has 4 heteroatoms. The summed E-state index contributed by atoms with van der Waals surface area (Å²) in [6.45, 7) is 0. The minimum absolute atomic E-state index is 0.488. The van der Waals surface area contributed by atoms with Crippen LogP contribution < -0.4 is 10.5 Å². The Morgan fingerprint density at radius 2 is 2.23 bits per heavy atom. The second-order valence-corrected chi connectivity index (χ2v) is 3.49. The molecular formula is C9H7NO2S. The Balaban J connectivity index is 2.42. The summed E-state index contributed by atoms with van der Waals surface area (Å²) in [7, 11) is 0. The molecule has 0 spiro atoms. The van der Waals surface area contributed by atoms with Crippen molar-refractivity contribution in [1.29, 1.82) is 0 Å². The van der Waals surface area contributed by atoms with E-state index in [0.717, 1.165) is 10.1 Å². The molecule has 2 N–H and O–H groups in total. The average Bonchev–Trinajstić information content (AvgIpc) is 2.49. The molecule has 0 radical (unpaired) electrons. The van der Waals surface area contributed by atoms with E-state index in [1.807, 2.05) is 17.5 Å². The van der Waals surface area contributed by atoms with Gasteiger partial charge in [0.05, 0.1) is 0 Å². The Labute approximate surface area is 78.7 Å². The van der Waals surface area contributed by atoms with Gasteiger partial charge in [-0.05, 0) is 35.0 Å². The first-order valence-electron chi connectivity index (χ1n) is 3.70. The molecule has 1 amide bonds. The number of fused-ring (bicyclic) bond motifs is 1. The maximum absolute atomic E-state index is 10.4. The second-order valence-electron chi connectivity index (χ2n) is 2.54. The molecule has 2 rings (SSSR count). The zero-order valence-corrected chi connectivity index (χ0v) is 7.51. The summed E-state index contributed by atoms with van der Waals surface area (Å²) in [6.07, 6.45) is -0.782. The average molecular weight is 193 g/mol. The number of nitrogens with two attached hydrogens (primary N) is 1. The highest BCUT2D eigenvalue weighted by molar-refractivity contribution is 7.17. The minimum Gasteiger partial charge on any atom is -0.410 e. The van der Waals surface area contributed by atoms with Crippen molar-refractivity contribution in [2.45, 2.75) is 0 Å². The summed E-state index contributed by atoms with van der Waals surface area (Å²) >= 11 is 1.60. The van der Waals surface area contributed by atoms with Crippen LogP contribution in [0.3, 0.4) is 0 Å². The lowest BCUT2D eigenvalue weighted by atomic mass is 10.2. The van der Waals surface area contributed by atoms with Gasteiger partial charge in [-0.2, -0.15) is 0 Å². The lowest BCUT2D eigenvalue weighted by Crippen LogP contribution is -2.15. The number of hydrogen-bond donors (Lipinski definition) is 1. The van der Waals surface area contributed by atoms with Crippen LogP contribution in [0.4, 0.5) is 4.79 Å². The molecule has 0 unspecified atom stereocenters. The summed E-state index contributed by atoms with van der Waals surface area (Å²) in [5.74, 6) is 0.488. The minimum atomic E-state index is -0.782. The Morgan fingerprint density at radius 1 is 1.38 bits per heavy atom. The molecule has 0 aliphatic heterocycles. The van der Waals surface area contributed by atoms with E-state index in [0.29, 0.717) is 5.75 Å².